The number of primary amides is 1. The fraction of sp³-hybridized carbons (Fsp3) is 0.412. The zero-order valence-electron chi connectivity index (χ0n) is 13.6. The molecule has 1 saturated heterocycles. The van der Waals surface area contributed by atoms with Gasteiger partial charge in [-0.15, -0.1) is 11.3 Å². The number of amides is 2. The van der Waals surface area contributed by atoms with Crippen LogP contribution in [0.25, 0.3) is 10.1 Å². The van der Waals surface area contributed by atoms with E-state index in [2.05, 4.69) is 12.2 Å². The number of hydrogen-bond acceptors (Lipinski definition) is 5. The molecule has 0 radical (unpaired) electrons. The molecule has 24 heavy (non-hydrogen) atoms. The van der Waals surface area contributed by atoms with Crippen molar-refractivity contribution in [1.82, 2.24) is 5.32 Å². The number of carbonyl (C=O) groups is 2. The summed E-state index contributed by atoms with van der Waals surface area (Å²) in [6.45, 7) is 2.50. The summed E-state index contributed by atoms with van der Waals surface area (Å²) in [5.74, 6) is 1.01. The second-order valence-electron chi connectivity index (χ2n) is 5.87. The van der Waals surface area contributed by atoms with Gasteiger partial charge < -0.3 is 20.5 Å². The quantitative estimate of drug-likeness (QED) is 0.838. The maximum absolute atomic E-state index is 11.6. The average Bonchev–Trinajstić information content (AvgIpc) is 3.13. The van der Waals surface area contributed by atoms with Gasteiger partial charge in [-0.25, -0.2) is 0 Å². The van der Waals surface area contributed by atoms with Gasteiger partial charge >= 0.3 is 0 Å². The number of thiophene rings is 1. The number of nitrogens with two attached hydrogens (primary N) is 1. The third kappa shape index (κ3) is 3.03. The third-order valence-electron chi connectivity index (χ3n) is 4.43. The highest BCUT2D eigenvalue weighted by atomic mass is 32.1. The van der Waals surface area contributed by atoms with Gasteiger partial charge in [0.2, 0.25) is 5.91 Å². The molecule has 1 aromatic heterocycles. The molecule has 1 aromatic carbocycles. The van der Waals surface area contributed by atoms with E-state index in [0.29, 0.717) is 30.3 Å². The molecule has 3 N–H and O–H groups in total. The molecular formula is C17H20N2O4S. The lowest BCUT2D eigenvalue weighted by Gasteiger charge is -2.17. The molecule has 2 atom stereocenters. The minimum Gasteiger partial charge on any atom is -0.496 e. The number of methoxy groups -OCH3 is 1. The maximum Gasteiger partial charge on any atom is 0.252 e. The molecule has 2 amide bonds. The number of fused-ring (bicyclic) bond motifs is 1. The number of ether oxygens (including phenoxy) is 2. The molecule has 1 aliphatic rings. The molecule has 1 aliphatic heterocycles. The van der Waals surface area contributed by atoms with Gasteiger partial charge in [0.1, 0.15) is 18.1 Å². The van der Waals surface area contributed by atoms with E-state index in [-0.39, 0.29) is 11.9 Å². The lowest BCUT2D eigenvalue weighted by atomic mass is 9.98. The molecule has 2 unspecified atom stereocenters. The first-order chi connectivity index (χ1) is 11.5. The van der Waals surface area contributed by atoms with E-state index in [9.17, 15) is 9.59 Å². The molecule has 2 heterocycles. The molecule has 0 bridgehead atoms. The van der Waals surface area contributed by atoms with Gasteiger partial charge in [-0.1, -0.05) is 13.3 Å². The zero-order valence-corrected chi connectivity index (χ0v) is 14.4. The van der Waals surface area contributed by atoms with Crippen molar-refractivity contribution < 1.29 is 19.1 Å². The van der Waals surface area contributed by atoms with Crippen LogP contribution in [0.1, 0.15) is 30.1 Å². The van der Waals surface area contributed by atoms with Gasteiger partial charge in [-0.2, -0.15) is 0 Å². The van der Waals surface area contributed by atoms with Gasteiger partial charge in [-0.3, -0.25) is 9.59 Å². The Kier molecular flexibility index (Phi) is 4.62. The summed E-state index contributed by atoms with van der Waals surface area (Å²) in [4.78, 5) is 23.1. The Balaban J connectivity index is 1.83. The highest BCUT2D eigenvalue weighted by Gasteiger charge is 2.31. The van der Waals surface area contributed by atoms with Gasteiger partial charge in [0.15, 0.2) is 0 Å². The zero-order chi connectivity index (χ0) is 17.3. The molecule has 6 nitrogen and oxygen atoms in total. The topological polar surface area (TPSA) is 90.6 Å². The van der Waals surface area contributed by atoms with Crippen molar-refractivity contribution in [2.24, 2.45) is 11.7 Å². The van der Waals surface area contributed by atoms with Crippen LogP contribution >= 0.6 is 11.3 Å². The van der Waals surface area contributed by atoms with Crippen LogP contribution in [0, 0.1) is 5.92 Å². The van der Waals surface area contributed by atoms with E-state index >= 15 is 0 Å². The number of rotatable bonds is 6. The Labute approximate surface area is 143 Å². The Morgan fingerprint density at radius 2 is 2.21 bits per heavy atom. The molecule has 0 saturated carbocycles. The van der Waals surface area contributed by atoms with Crippen molar-refractivity contribution >= 4 is 33.2 Å². The Bertz CT molecular complexity index is 786. The maximum atomic E-state index is 11.6. The molecule has 3 rings (SSSR count). The molecule has 0 spiro atoms. The summed E-state index contributed by atoms with van der Waals surface area (Å²) in [6, 6.07) is 3.52. The Morgan fingerprint density at radius 3 is 2.88 bits per heavy atom. The van der Waals surface area contributed by atoms with Crippen molar-refractivity contribution in [1.29, 1.82) is 0 Å². The first kappa shape index (κ1) is 16.6. The predicted molar refractivity (Wildman–Crippen MR) is 92.7 cm³/mol. The summed E-state index contributed by atoms with van der Waals surface area (Å²) in [6.07, 6.45) is 1.50. The predicted octanol–water partition coefficient (Wildman–Crippen LogP) is 2.30. The van der Waals surface area contributed by atoms with Gasteiger partial charge in [-0.05, 0) is 18.1 Å². The molecular weight excluding hydrogens is 328 g/mol. The van der Waals surface area contributed by atoms with Crippen molar-refractivity contribution in [3.05, 3.63) is 23.1 Å². The highest BCUT2D eigenvalue weighted by molar-refractivity contribution is 7.17. The highest BCUT2D eigenvalue weighted by Crippen LogP contribution is 2.37. The summed E-state index contributed by atoms with van der Waals surface area (Å²) in [7, 11) is 1.50. The van der Waals surface area contributed by atoms with Crippen LogP contribution in [-0.4, -0.2) is 31.6 Å². The van der Waals surface area contributed by atoms with Gasteiger partial charge in [0.25, 0.3) is 5.91 Å². The average molecular weight is 348 g/mol. The van der Waals surface area contributed by atoms with Crippen molar-refractivity contribution in [2.45, 2.75) is 25.8 Å². The van der Waals surface area contributed by atoms with Crippen molar-refractivity contribution in [2.75, 3.05) is 13.7 Å². The SMILES string of the molecule is CCC1CC(=O)NC1COc1csc2cc(C(N)=O)c(OC)cc12. The van der Waals surface area contributed by atoms with Gasteiger partial charge in [0, 0.05) is 21.9 Å². The number of nitrogens with one attached hydrogen (secondary N) is 1. The Hall–Kier alpha value is -2.28. The van der Waals surface area contributed by atoms with E-state index < -0.39 is 5.91 Å². The normalized spacial score (nSPS) is 20.2. The van der Waals surface area contributed by atoms with E-state index in [4.69, 9.17) is 15.2 Å². The fourth-order valence-electron chi connectivity index (χ4n) is 3.05. The van der Waals surface area contributed by atoms with Gasteiger partial charge in [0.05, 0.1) is 18.7 Å². The Morgan fingerprint density at radius 1 is 1.42 bits per heavy atom. The van der Waals surface area contributed by atoms with Crippen LogP contribution in [0.15, 0.2) is 17.5 Å². The van der Waals surface area contributed by atoms with E-state index in [0.717, 1.165) is 22.3 Å². The molecule has 128 valence electrons. The van der Waals surface area contributed by atoms with E-state index in [1.165, 1.54) is 18.4 Å². The molecule has 0 aliphatic carbocycles. The summed E-state index contributed by atoms with van der Waals surface area (Å²) in [5, 5.41) is 5.74. The minimum absolute atomic E-state index is 0.0317. The first-order valence-corrected chi connectivity index (χ1v) is 8.72. The lowest BCUT2D eigenvalue weighted by Crippen LogP contribution is -2.34. The third-order valence-corrected chi connectivity index (χ3v) is 5.35. The summed E-state index contributed by atoms with van der Waals surface area (Å²) >= 11 is 1.48. The molecule has 7 heteroatoms. The summed E-state index contributed by atoms with van der Waals surface area (Å²) in [5.41, 5.74) is 5.74. The lowest BCUT2D eigenvalue weighted by molar-refractivity contribution is -0.119. The van der Waals surface area contributed by atoms with Crippen LogP contribution in [0.5, 0.6) is 11.5 Å². The first-order valence-electron chi connectivity index (χ1n) is 7.84. The molecule has 1 fully saturated rings. The number of hydrogen-bond donors (Lipinski definition) is 2. The van der Waals surface area contributed by atoms with E-state index in [1.807, 2.05) is 5.38 Å². The van der Waals surface area contributed by atoms with Crippen LogP contribution in [0.4, 0.5) is 0 Å². The number of carbonyl (C=O) groups excluding carboxylic acids is 2. The minimum atomic E-state index is -0.524. The smallest absolute Gasteiger partial charge is 0.252 e. The fourth-order valence-corrected chi connectivity index (χ4v) is 3.96. The van der Waals surface area contributed by atoms with Crippen LogP contribution in [0.3, 0.4) is 0 Å². The largest absolute Gasteiger partial charge is 0.496 e. The van der Waals surface area contributed by atoms with Crippen LogP contribution < -0.4 is 20.5 Å². The summed E-state index contributed by atoms with van der Waals surface area (Å²) < 4.78 is 12.1. The second kappa shape index (κ2) is 6.68. The van der Waals surface area contributed by atoms with E-state index in [1.54, 1.807) is 12.1 Å². The van der Waals surface area contributed by atoms with Crippen molar-refractivity contribution in [3.8, 4) is 11.5 Å². The van der Waals surface area contributed by atoms with Crippen LogP contribution in [0.2, 0.25) is 0 Å². The number of benzene rings is 1. The second-order valence-corrected chi connectivity index (χ2v) is 6.78. The van der Waals surface area contributed by atoms with Crippen molar-refractivity contribution in [3.63, 3.8) is 0 Å². The monoisotopic (exact) mass is 348 g/mol. The standard InChI is InChI=1S/C17H20N2O4S/c1-3-9-4-16(20)19-12(9)7-23-14-8-24-15-6-11(17(18)21)13(22-2)5-10(14)15/h5-6,8-9,12H,3-4,7H2,1-2H3,(H2,18,21)(H,19,20). The van der Waals surface area contributed by atoms with Crippen LogP contribution in [-0.2, 0) is 4.79 Å². The molecule has 2 aromatic rings.